The molecule has 20 aromatic rings. The van der Waals surface area contributed by atoms with E-state index in [0.717, 1.165) is 6.92 Å². The molecule has 1 unspecified atom stereocenters. The summed E-state index contributed by atoms with van der Waals surface area (Å²) in [6.07, 6.45) is 0. The monoisotopic (exact) mass is 1380 g/mol. The fourth-order valence-corrected chi connectivity index (χ4v) is 13.8. The van der Waals surface area contributed by atoms with Crippen LogP contribution in [0.15, 0.2) is 347 Å². The van der Waals surface area contributed by atoms with Gasteiger partial charge in [-0.05, 0) is 242 Å². The number of furan rings is 2. The summed E-state index contributed by atoms with van der Waals surface area (Å²) in [5.41, 5.74) is -18.7. The van der Waals surface area contributed by atoms with Crippen LogP contribution in [0.4, 0.5) is 0 Å². The molecule has 2 aliphatic carbocycles. The highest BCUT2D eigenvalue weighted by molar-refractivity contribution is 6.24. The van der Waals surface area contributed by atoms with Crippen LogP contribution in [0.2, 0.25) is 0 Å². The Kier molecular flexibility index (Phi) is 5.61. The Morgan fingerprint density at radius 3 is 0.971 bits per heavy atom. The molecule has 488 valence electrons. The minimum atomic E-state index is -3.27. The molecular weight excluding hydrogens is 1260 g/mol. The zero-order chi connectivity index (χ0) is 120. The molecule has 2 heterocycles. The smallest absolute Gasteiger partial charge is 0.136 e. The molecule has 2 heteroatoms. The minimum absolute atomic E-state index is 0.0196. The van der Waals surface area contributed by atoms with Crippen LogP contribution in [0.3, 0.4) is 0 Å². The second-order valence-corrected chi connectivity index (χ2v) is 24.8. The first-order chi connectivity index (χ1) is 75.7. The third-order valence-corrected chi connectivity index (χ3v) is 18.5. The van der Waals surface area contributed by atoms with Gasteiger partial charge >= 0.3 is 0 Å². The summed E-state index contributed by atoms with van der Waals surface area (Å²) in [5, 5.41) is -10.0. The number of hydrogen-bond acceptors (Lipinski definition) is 2. The van der Waals surface area contributed by atoms with Gasteiger partial charge in [-0.25, -0.2) is 0 Å². The lowest BCUT2D eigenvalue weighted by molar-refractivity contribution is 0.660. The van der Waals surface area contributed by atoms with Crippen molar-refractivity contribution >= 4 is 109 Å². The van der Waals surface area contributed by atoms with Crippen molar-refractivity contribution < 1.29 is 89.7 Å². The van der Waals surface area contributed by atoms with E-state index in [4.69, 9.17) is 48.6 Å². The first-order valence-corrected chi connectivity index (χ1v) is 31.6. The molecule has 2 aliphatic rings. The van der Waals surface area contributed by atoms with Crippen LogP contribution in [0, 0.1) is 0 Å². The highest BCUT2D eigenvalue weighted by atomic mass is 16.3. The van der Waals surface area contributed by atoms with Crippen LogP contribution in [0.5, 0.6) is 0 Å². The normalized spacial score (nSPS) is 22.4. The fraction of sp³-hybridized carbons (Fsp3) is 0.0588. The summed E-state index contributed by atoms with van der Waals surface area (Å²) in [6, 6.07) is -50.2. The number of fused-ring (bicyclic) bond motifs is 18. The topological polar surface area (TPSA) is 26.3 Å². The Hall–Kier alpha value is -12.9. The van der Waals surface area contributed by atoms with E-state index in [1.54, 1.807) is 0 Å². The summed E-state index contributed by atoms with van der Waals surface area (Å²) in [4.78, 5) is 0. The molecule has 0 amide bonds. The van der Waals surface area contributed by atoms with E-state index in [2.05, 4.69) is 0 Å². The molecule has 0 bridgehead atoms. The third kappa shape index (κ3) is 9.14. The van der Waals surface area contributed by atoms with Gasteiger partial charge in [-0.2, -0.15) is 0 Å². The molecule has 2 aromatic heterocycles. The van der Waals surface area contributed by atoms with Crippen molar-refractivity contribution in [3.05, 3.63) is 361 Å². The Morgan fingerprint density at radius 1 is 0.212 bits per heavy atom. The number of rotatable bonds is 6. The maximum atomic E-state index is 9.99. The second-order valence-electron chi connectivity index (χ2n) is 24.8. The Labute approximate surface area is 685 Å². The van der Waals surface area contributed by atoms with Gasteiger partial charge in [-0.3, -0.25) is 0 Å². The van der Waals surface area contributed by atoms with Crippen LogP contribution in [-0.2, 0) is 10.8 Å². The van der Waals surface area contributed by atoms with Gasteiger partial charge in [0.1, 0.15) is 22.3 Å². The van der Waals surface area contributed by atoms with Gasteiger partial charge in [0, 0.05) is 36.5 Å². The van der Waals surface area contributed by atoms with Gasteiger partial charge in [0.15, 0.2) is 0 Å². The van der Waals surface area contributed by atoms with E-state index >= 15 is 0 Å². The largest absolute Gasteiger partial charge is 0.456 e. The lowest BCUT2D eigenvalue weighted by atomic mass is 9.81. The van der Waals surface area contributed by atoms with Gasteiger partial charge < -0.3 is 8.83 Å². The first kappa shape index (κ1) is 25.6. The van der Waals surface area contributed by atoms with Crippen molar-refractivity contribution in [2.24, 2.45) is 0 Å². The second kappa shape index (κ2) is 22.8. The van der Waals surface area contributed by atoms with Crippen LogP contribution in [0.1, 0.15) is 131 Å². The molecule has 0 saturated heterocycles. The molecule has 0 spiro atoms. The van der Waals surface area contributed by atoms with Gasteiger partial charge in [0.25, 0.3) is 0 Å². The SMILES string of the molecule is [2H]c1c([2H])c(-c2c([2H])c([2H])c3c(c2[2H])C(C)(C)c2c([2H])c([2H])c([2H])c([2H])c2-3)c([2H])c(-c2c3c([2H])c([2H])c([2H])c([2H])c3c(-c3c([2H])c([2H])c4oc5c([2H])c6c([2H])c([2H])c([2H])c([2H])c6c([2H])c5c4c3[2H])c3c([2H])c([2H])c([2H])c([2H])c23)c1[2H].[2H]c1c([2H])c([2H])c2c(c1[2H])-c1c([2H])c([2H])c(-c3c([2H])c([2H])c(-c4c5c([2H])c([2H])c([2H])c([2H])c5c(-c5c([2H])c([2H])c6oc7c([2H])c8c([2H])c([2H])c([2H])c([2H])c8c([2H])c7c6c5[2H])c5c([2H])c([2H])c([2H])c([2H])c45)c([2H])c3[2H])c([2H])c1C2(C)C([2H])([2H])[2H]. The van der Waals surface area contributed by atoms with Crippen LogP contribution in [0.25, 0.3) is 198 Å². The van der Waals surface area contributed by atoms with Gasteiger partial charge in [0.05, 0.1) is 76.8 Å². The molecule has 18 aromatic carbocycles. The Balaban J connectivity index is 0.000000187. The predicted molar refractivity (Wildman–Crippen MR) is 440 cm³/mol. The lowest BCUT2D eigenvalue weighted by Crippen LogP contribution is -2.14. The summed E-state index contributed by atoms with van der Waals surface area (Å²) in [5.74, 6) is 0. The van der Waals surface area contributed by atoms with Crippen LogP contribution < -0.4 is 0 Å². The van der Waals surface area contributed by atoms with Gasteiger partial charge in [-0.1, -0.05) is 300 Å². The summed E-state index contributed by atoms with van der Waals surface area (Å²) < 4.78 is 550. The quantitative estimate of drug-likeness (QED) is 0.155. The van der Waals surface area contributed by atoms with Gasteiger partial charge in [-0.15, -0.1) is 0 Å². The third-order valence-electron chi connectivity index (χ3n) is 18.5. The average Bonchev–Trinajstić information content (AvgIpc) is 1.48. The zero-order valence-corrected chi connectivity index (χ0v) is 53.3. The summed E-state index contributed by atoms with van der Waals surface area (Å²) in [6.45, 7) is 0.783. The molecule has 0 saturated carbocycles. The predicted octanol–water partition coefficient (Wildman–Crippen LogP) is 28.7. The van der Waals surface area contributed by atoms with Crippen LogP contribution in [-0.4, -0.2) is 0 Å². The van der Waals surface area contributed by atoms with Crippen molar-refractivity contribution in [2.75, 3.05) is 0 Å². The average molecular weight is 1390 g/mol. The molecular formula is C102H68O2. The standard InChI is InChI=1S/2C51H34O/c1-51(2)45-21-10-9-16-37(45)38-24-22-34(29-46(38)51)31-14-11-15-35(26-31)49-39-17-5-7-19-41(39)50(42-20-8-6-18-40(42)49)36-23-25-47-43(28-36)44-27-32-12-3-4-13-33(32)30-48(44)52-47;1-51(2)45-18-10-9-13-37(45)38-25-23-35(29-46(38)51)31-19-21-32(22-20-31)49-39-14-5-7-16-41(39)50(42-17-8-6-15-40(42)49)36-24-26-47-43(28-36)44-27-33-11-3-4-12-34(33)30-48(44)52-47/h2*3-30H,1-2H3/i3D,4D,5D,6D,7D,8D,9D,10D,11D,12D,13D,14D,15D,16D,17D,18D,19D,20D,21D,22D,23D,24D,25D,26D,27D,28D,29D,30D;1D3,3D,4D,5D,6D,7D,8D,9D,10D,11D,12D,13D,14D,15D,16D,17D,18D,19D,20D,21D,22D,23D,24D,25D,26D,27D,28D,29D,30D. The molecule has 2 nitrogen and oxygen atoms in total. The van der Waals surface area contributed by atoms with Crippen molar-refractivity contribution in [2.45, 2.75) is 38.5 Å². The molecule has 0 N–H and O–H groups in total. The number of hydrogen-bond donors (Lipinski definition) is 0. The van der Waals surface area contributed by atoms with E-state index in [0.29, 0.717) is 0 Å². The molecule has 0 fully saturated rings. The summed E-state index contributed by atoms with van der Waals surface area (Å²) >= 11 is 0. The van der Waals surface area contributed by atoms with E-state index in [1.165, 1.54) is 13.8 Å². The van der Waals surface area contributed by atoms with Crippen molar-refractivity contribution in [1.29, 1.82) is 0 Å². The zero-order valence-electron chi connectivity index (χ0n) is 112. The summed E-state index contributed by atoms with van der Waals surface area (Å²) in [7, 11) is 0. The highest BCUT2D eigenvalue weighted by Crippen LogP contribution is 2.53. The van der Waals surface area contributed by atoms with E-state index in [9.17, 15) is 41.1 Å². The molecule has 0 aliphatic heterocycles. The maximum absolute atomic E-state index is 9.99. The molecule has 0 radical (unpaired) electrons. The lowest BCUT2D eigenvalue weighted by Gasteiger charge is -2.22. The molecule has 22 rings (SSSR count). The van der Waals surface area contributed by atoms with E-state index in [-0.39, 0.29) is 22.3 Å². The van der Waals surface area contributed by atoms with Crippen LogP contribution >= 0.6 is 0 Å². The highest BCUT2D eigenvalue weighted by Gasteiger charge is 2.37. The minimum Gasteiger partial charge on any atom is -0.456 e. The van der Waals surface area contributed by atoms with Gasteiger partial charge in [0.2, 0.25) is 0 Å². The maximum Gasteiger partial charge on any atom is 0.136 e. The fourth-order valence-electron chi connectivity index (χ4n) is 13.8. The molecule has 104 heavy (non-hydrogen) atoms. The van der Waals surface area contributed by atoms with Crippen molar-refractivity contribution in [3.8, 4) is 89.0 Å². The Morgan fingerprint density at radius 2 is 0.519 bits per heavy atom. The van der Waals surface area contributed by atoms with E-state index < -0.39 is 554 Å². The number of benzene rings is 18. The Bertz CT molecular complexity index is 10500. The van der Waals surface area contributed by atoms with Crippen molar-refractivity contribution in [3.63, 3.8) is 0 Å². The molecule has 1 atom stereocenters. The first-order valence-electron chi connectivity index (χ1n) is 61.1. The van der Waals surface area contributed by atoms with E-state index in [1.807, 2.05) is 0 Å². The van der Waals surface area contributed by atoms with Crippen molar-refractivity contribution in [1.82, 2.24) is 0 Å².